The third-order valence-electron chi connectivity index (χ3n) is 4.80. The van der Waals surface area contributed by atoms with Crippen molar-refractivity contribution in [2.45, 2.75) is 20.8 Å². The first kappa shape index (κ1) is 23.2. The van der Waals surface area contributed by atoms with Crippen LogP contribution in [0.1, 0.15) is 29.9 Å². The van der Waals surface area contributed by atoms with E-state index in [1.165, 1.54) is 0 Å². The second-order valence-electron chi connectivity index (χ2n) is 6.54. The van der Waals surface area contributed by atoms with Crippen molar-refractivity contribution in [2.75, 3.05) is 32.6 Å². The number of methoxy groups -OCH3 is 2. The summed E-state index contributed by atoms with van der Waals surface area (Å²) in [6.07, 6.45) is 1.60. The molecule has 0 bridgehead atoms. The number of rotatable bonds is 7. The number of benzene rings is 1. The molecule has 1 aromatic carbocycles. The molecule has 0 atom stereocenters. The average Bonchev–Trinajstić information content (AvgIpc) is 2.74. The summed E-state index contributed by atoms with van der Waals surface area (Å²) in [6.45, 7) is 7.08. The van der Waals surface area contributed by atoms with Gasteiger partial charge in [0, 0.05) is 42.1 Å². The zero-order chi connectivity index (χ0) is 21.0. The van der Waals surface area contributed by atoms with E-state index in [2.05, 4.69) is 15.3 Å². The summed E-state index contributed by atoms with van der Waals surface area (Å²) >= 11 is 0. The van der Waals surface area contributed by atoms with Crippen LogP contribution in [0.25, 0.3) is 11.0 Å². The van der Waals surface area contributed by atoms with Gasteiger partial charge in [-0.2, -0.15) is 0 Å². The van der Waals surface area contributed by atoms with Gasteiger partial charge in [-0.05, 0) is 45.0 Å². The Balaban J connectivity index is 0.00000320. The lowest BCUT2D eigenvalue weighted by molar-refractivity contribution is 0.0773. The van der Waals surface area contributed by atoms with E-state index in [0.717, 1.165) is 16.8 Å². The van der Waals surface area contributed by atoms with E-state index < -0.39 is 0 Å². The Morgan fingerprint density at radius 2 is 1.77 bits per heavy atom. The number of aromatic nitrogens is 2. The number of carbonyl (C=O) groups excluding carboxylic acids is 1. The predicted molar refractivity (Wildman–Crippen MR) is 122 cm³/mol. The third kappa shape index (κ3) is 4.57. The normalized spacial score (nSPS) is 10.3. The molecular formula is C22H27ClN4O3. The molecule has 160 valence electrons. The van der Waals surface area contributed by atoms with Crippen molar-refractivity contribution in [3.63, 3.8) is 0 Å². The largest absolute Gasteiger partial charge is 0.493 e. The van der Waals surface area contributed by atoms with Gasteiger partial charge < -0.3 is 19.7 Å². The zero-order valence-corrected chi connectivity index (χ0v) is 18.7. The standard InChI is InChI=1S/C22H26N4O3.ClH/c1-6-26(7-2)22(27)17-13-23-21-16(10-8-14(3)24-21)20(17)25-15-9-11-18(28-4)19(12-15)29-5;/h8-13H,6-7H2,1-5H3,(H,23,24,25);1H. The summed E-state index contributed by atoms with van der Waals surface area (Å²) < 4.78 is 10.7. The monoisotopic (exact) mass is 430 g/mol. The zero-order valence-electron chi connectivity index (χ0n) is 17.9. The highest BCUT2D eigenvalue weighted by Crippen LogP contribution is 2.34. The Morgan fingerprint density at radius 3 is 2.40 bits per heavy atom. The highest BCUT2D eigenvalue weighted by Gasteiger charge is 2.20. The average molecular weight is 431 g/mol. The smallest absolute Gasteiger partial charge is 0.257 e. The van der Waals surface area contributed by atoms with Gasteiger partial charge in [0.25, 0.3) is 5.91 Å². The number of ether oxygens (including phenoxy) is 2. The molecule has 2 aromatic heterocycles. The van der Waals surface area contributed by atoms with E-state index in [4.69, 9.17) is 9.47 Å². The lowest BCUT2D eigenvalue weighted by atomic mass is 10.1. The summed E-state index contributed by atoms with van der Waals surface area (Å²) in [4.78, 5) is 23.8. The summed E-state index contributed by atoms with van der Waals surface area (Å²) in [5, 5.41) is 4.16. The molecule has 2 heterocycles. The number of amides is 1. The molecule has 1 amide bonds. The highest BCUT2D eigenvalue weighted by molar-refractivity contribution is 6.07. The summed E-state index contributed by atoms with van der Waals surface area (Å²) in [5.41, 5.74) is 3.39. The van der Waals surface area contributed by atoms with Crippen LogP contribution in [0.2, 0.25) is 0 Å². The Morgan fingerprint density at radius 1 is 1.07 bits per heavy atom. The van der Waals surface area contributed by atoms with Gasteiger partial charge >= 0.3 is 0 Å². The fourth-order valence-electron chi connectivity index (χ4n) is 3.21. The molecule has 0 saturated carbocycles. The Labute approximate surface area is 182 Å². The highest BCUT2D eigenvalue weighted by atomic mass is 35.5. The molecule has 3 rings (SSSR count). The van der Waals surface area contributed by atoms with E-state index in [0.29, 0.717) is 41.5 Å². The molecule has 1 N–H and O–H groups in total. The van der Waals surface area contributed by atoms with Crippen LogP contribution in [0.15, 0.2) is 36.5 Å². The van der Waals surface area contributed by atoms with E-state index in [-0.39, 0.29) is 18.3 Å². The third-order valence-corrected chi connectivity index (χ3v) is 4.80. The number of nitrogens with one attached hydrogen (secondary N) is 1. The SMILES string of the molecule is CCN(CC)C(=O)c1cnc2nc(C)ccc2c1Nc1ccc(OC)c(OC)c1.Cl. The molecule has 0 aliphatic carbocycles. The summed E-state index contributed by atoms with van der Waals surface area (Å²) in [5.74, 6) is 1.16. The van der Waals surface area contributed by atoms with Crippen molar-refractivity contribution in [1.82, 2.24) is 14.9 Å². The topological polar surface area (TPSA) is 76.6 Å². The Hall–Kier alpha value is -3.06. The number of fused-ring (bicyclic) bond motifs is 1. The van der Waals surface area contributed by atoms with Crippen LogP contribution in [0.3, 0.4) is 0 Å². The van der Waals surface area contributed by atoms with Crippen LogP contribution < -0.4 is 14.8 Å². The van der Waals surface area contributed by atoms with Gasteiger partial charge in [-0.1, -0.05) is 0 Å². The lowest BCUT2D eigenvalue weighted by Crippen LogP contribution is -2.31. The van der Waals surface area contributed by atoms with Crippen molar-refractivity contribution in [1.29, 1.82) is 0 Å². The van der Waals surface area contributed by atoms with Crippen LogP contribution in [0.5, 0.6) is 11.5 Å². The number of pyridine rings is 2. The number of nitrogens with zero attached hydrogens (tertiary/aromatic N) is 3. The van der Waals surface area contributed by atoms with Gasteiger partial charge in [-0.25, -0.2) is 9.97 Å². The molecule has 0 spiro atoms. The Bertz CT molecular complexity index is 1040. The quantitative estimate of drug-likeness (QED) is 0.590. The van der Waals surface area contributed by atoms with Crippen molar-refractivity contribution in [3.8, 4) is 11.5 Å². The molecule has 30 heavy (non-hydrogen) atoms. The molecule has 0 fully saturated rings. The van der Waals surface area contributed by atoms with E-state index >= 15 is 0 Å². The summed E-state index contributed by atoms with van der Waals surface area (Å²) in [6, 6.07) is 9.38. The first-order valence-corrected chi connectivity index (χ1v) is 9.57. The van der Waals surface area contributed by atoms with Gasteiger partial charge in [0.2, 0.25) is 0 Å². The second kappa shape index (κ2) is 10.1. The van der Waals surface area contributed by atoms with Crippen molar-refractivity contribution in [2.24, 2.45) is 0 Å². The van der Waals surface area contributed by atoms with Gasteiger partial charge in [0.05, 0.1) is 25.5 Å². The maximum absolute atomic E-state index is 13.1. The van der Waals surface area contributed by atoms with Crippen LogP contribution in [-0.2, 0) is 0 Å². The second-order valence-corrected chi connectivity index (χ2v) is 6.54. The Kier molecular flexibility index (Phi) is 7.83. The fraction of sp³-hybridized carbons (Fsp3) is 0.318. The van der Waals surface area contributed by atoms with Gasteiger partial charge in [-0.3, -0.25) is 4.79 Å². The van der Waals surface area contributed by atoms with Crippen molar-refractivity contribution < 1.29 is 14.3 Å². The molecule has 8 heteroatoms. The summed E-state index contributed by atoms with van der Waals surface area (Å²) in [7, 11) is 3.18. The number of anilines is 2. The van der Waals surface area contributed by atoms with E-state index in [9.17, 15) is 4.79 Å². The molecule has 0 aliphatic rings. The van der Waals surface area contributed by atoms with E-state index in [1.54, 1.807) is 25.3 Å². The number of hydrogen-bond donors (Lipinski definition) is 1. The maximum Gasteiger partial charge on any atom is 0.257 e. The van der Waals surface area contributed by atoms with Crippen molar-refractivity contribution >= 4 is 40.7 Å². The minimum absolute atomic E-state index is 0. The van der Waals surface area contributed by atoms with Crippen LogP contribution in [0.4, 0.5) is 11.4 Å². The van der Waals surface area contributed by atoms with Crippen LogP contribution >= 0.6 is 12.4 Å². The lowest BCUT2D eigenvalue weighted by Gasteiger charge is -2.21. The van der Waals surface area contributed by atoms with Gasteiger partial charge in [-0.15, -0.1) is 12.4 Å². The molecule has 3 aromatic rings. The number of hydrogen-bond acceptors (Lipinski definition) is 6. The fourth-order valence-corrected chi connectivity index (χ4v) is 3.21. The number of halogens is 1. The van der Waals surface area contributed by atoms with Crippen LogP contribution in [-0.4, -0.2) is 48.1 Å². The first-order valence-electron chi connectivity index (χ1n) is 9.57. The van der Waals surface area contributed by atoms with Gasteiger partial charge in [0.1, 0.15) is 0 Å². The maximum atomic E-state index is 13.1. The van der Waals surface area contributed by atoms with Crippen LogP contribution in [0, 0.1) is 6.92 Å². The predicted octanol–water partition coefficient (Wildman–Crippen LogP) is 4.60. The van der Waals surface area contributed by atoms with Gasteiger partial charge in [0.15, 0.2) is 17.1 Å². The first-order chi connectivity index (χ1) is 14.0. The molecule has 0 radical (unpaired) electrons. The molecule has 0 unspecified atom stereocenters. The molecule has 7 nitrogen and oxygen atoms in total. The molecular weight excluding hydrogens is 404 g/mol. The van der Waals surface area contributed by atoms with E-state index in [1.807, 2.05) is 51.1 Å². The minimum Gasteiger partial charge on any atom is -0.493 e. The number of carbonyl (C=O) groups is 1. The number of aryl methyl sites for hydroxylation is 1. The van der Waals surface area contributed by atoms with Crippen molar-refractivity contribution in [3.05, 3.63) is 47.8 Å². The molecule has 0 saturated heterocycles. The minimum atomic E-state index is -0.0760. The molecule has 0 aliphatic heterocycles.